The zero-order valence-corrected chi connectivity index (χ0v) is 20.1. The molecule has 2 heterocycles. The number of Topliss-reactive ketones (excluding diaryl/α,β-unsaturated/α-hetero) is 1. The first kappa shape index (κ1) is 24.8. The number of esters is 1. The summed E-state index contributed by atoms with van der Waals surface area (Å²) in [6.07, 6.45) is 0.539. The molecular weight excluding hydrogens is 456 g/mol. The van der Waals surface area contributed by atoms with Crippen LogP contribution in [0, 0.1) is 17.6 Å². The molecule has 0 unspecified atom stereocenters. The average Bonchev–Trinajstić information content (AvgIpc) is 3.39. The minimum Gasteiger partial charge on any atom is -0.493 e. The number of carbonyl (C=O) groups is 3. The lowest BCUT2D eigenvalue weighted by Crippen LogP contribution is -2.52. The molecule has 0 radical (unpaired) electrons. The highest BCUT2D eigenvalue weighted by Gasteiger charge is 2.51. The van der Waals surface area contributed by atoms with Crippen molar-refractivity contribution in [1.82, 2.24) is 4.90 Å². The molecule has 2 atom stereocenters. The third-order valence-corrected chi connectivity index (χ3v) is 6.87. The Morgan fingerprint density at radius 3 is 2.57 bits per heavy atom. The molecule has 6 nitrogen and oxygen atoms in total. The van der Waals surface area contributed by atoms with E-state index >= 15 is 4.39 Å². The van der Waals surface area contributed by atoms with Gasteiger partial charge in [0.15, 0.2) is 0 Å². The summed E-state index contributed by atoms with van der Waals surface area (Å²) >= 11 is 0. The molecular formula is C27H29F2NO5. The van der Waals surface area contributed by atoms with Gasteiger partial charge in [-0.15, -0.1) is 0 Å². The van der Waals surface area contributed by atoms with E-state index in [4.69, 9.17) is 9.47 Å². The Kier molecular flexibility index (Phi) is 6.92. The van der Waals surface area contributed by atoms with Gasteiger partial charge in [0.25, 0.3) is 0 Å². The van der Waals surface area contributed by atoms with Crippen molar-refractivity contribution in [2.24, 2.45) is 5.92 Å². The van der Waals surface area contributed by atoms with Crippen LogP contribution in [0.3, 0.4) is 0 Å². The molecule has 2 aliphatic heterocycles. The molecule has 2 aromatic rings. The normalized spacial score (nSPS) is 19.5. The molecule has 1 amide bonds. The predicted octanol–water partition coefficient (Wildman–Crippen LogP) is 3.99. The summed E-state index contributed by atoms with van der Waals surface area (Å²) in [5, 5.41) is 0. The van der Waals surface area contributed by atoms with Crippen molar-refractivity contribution >= 4 is 17.7 Å². The Hall–Kier alpha value is -3.29. The van der Waals surface area contributed by atoms with Crippen molar-refractivity contribution in [3.63, 3.8) is 0 Å². The highest BCUT2D eigenvalue weighted by molar-refractivity contribution is 5.94. The van der Waals surface area contributed by atoms with Gasteiger partial charge in [0, 0.05) is 37.8 Å². The molecule has 2 aromatic carbocycles. The van der Waals surface area contributed by atoms with Crippen LogP contribution in [0.15, 0.2) is 36.4 Å². The minimum absolute atomic E-state index is 0.0263. The highest BCUT2D eigenvalue weighted by Crippen LogP contribution is 2.42. The SMILES string of the molecule is CCOC(=O)C(C)(C)N1C[C@@H](c2cc3c(cc2F)OCC3)[C@H](CC(=O)Cc2ccc(F)cc2)C1=O. The van der Waals surface area contributed by atoms with Crippen molar-refractivity contribution < 1.29 is 32.6 Å². The number of amides is 1. The van der Waals surface area contributed by atoms with Crippen LogP contribution in [0.5, 0.6) is 5.75 Å². The maximum atomic E-state index is 15.2. The Labute approximate surface area is 203 Å². The van der Waals surface area contributed by atoms with Crippen LogP contribution in [0.1, 0.15) is 49.8 Å². The molecule has 0 aromatic heterocycles. The Morgan fingerprint density at radius 2 is 1.89 bits per heavy atom. The molecule has 1 fully saturated rings. The van der Waals surface area contributed by atoms with Crippen LogP contribution in [0.25, 0.3) is 0 Å². The number of likely N-dealkylation sites (tertiary alicyclic amines) is 1. The third kappa shape index (κ3) is 4.92. The first-order valence-electron chi connectivity index (χ1n) is 11.8. The van der Waals surface area contributed by atoms with Gasteiger partial charge in [-0.2, -0.15) is 0 Å². The molecule has 186 valence electrons. The van der Waals surface area contributed by atoms with Gasteiger partial charge in [-0.1, -0.05) is 12.1 Å². The second kappa shape index (κ2) is 9.76. The topological polar surface area (TPSA) is 72.9 Å². The molecule has 0 bridgehead atoms. The van der Waals surface area contributed by atoms with Crippen LogP contribution in [-0.4, -0.2) is 47.9 Å². The molecule has 0 N–H and O–H groups in total. The number of nitrogens with zero attached hydrogens (tertiary/aromatic N) is 1. The van der Waals surface area contributed by atoms with Crippen molar-refractivity contribution in [3.05, 3.63) is 64.7 Å². The van der Waals surface area contributed by atoms with Crippen molar-refractivity contribution in [2.45, 2.75) is 51.5 Å². The lowest BCUT2D eigenvalue weighted by atomic mass is 9.83. The van der Waals surface area contributed by atoms with E-state index < -0.39 is 40.9 Å². The van der Waals surface area contributed by atoms with E-state index in [1.54, 1.807) is 26.8 Å². The van der Waals surface area contributed by atoms with E-state index in [1.165, 1.54) is 35.2 Å². The number of rotatable bonds is 8. The minimum atomic E-state index is -1.28. The van der Waals surface area contributed by atoms with Gasteiger partial charge < -0.3 is 14.4 Å². The van der Waals surface area contributed by atoms with E-state index in [9.17, 15) is 18.8 Å². The lowest BCUT2D eigenvalue weighted by molar-refractivity contribution is -0.160. The number of carbonyl (C=O) groups excluding carboxylic acids is 3. The first-order valence-corrected chi connectivity index (χ1v) is 11.8. The van der Waals surface area contributed by atoms with Gasteiger partial charge in [0.2, 0.25) is 5.91 Å². The van der Waals surface area contributed by atoms with Crippen LogP contribution < -0.4 is 4.74 Å². The van der Waals surface area contributed by atoms with E-state index in [2.05, 4.69) is 0 Å². The van der Waals surface area contributed by atoms with Gasteiger partial charge in [0.05, 0.1) is 19.1 Å². The first-order chi connectivity index (χ1) is 16.6. The van der Waals surface area contributed by atoms with Crippen molar-refractivity contribution in [3.8, 4) is 5.75 Å². The Bertz CT molecular complexity index is 1150. The molecule has 4 rings (SSSR count). The largest absolute Gasteiger partial charge is 0.493 e. The summed E-state index contributed by atoms with van der Waals surface area (Å²) in [5.74, 6) is -3.06. The maximum Gasteiger partial charge on any atom is 0.331 e. The van der Waals surface area contributed by atoms with Gasteiger partial charge in [0.1, 0.15) is 28.7 Å². The van der Waals surface area contributed by atoms with E-state index in [0.29, 0.717) is 29.9 Å². The smallest absolute Gasteiger partial charge is 0.331 e. The van der Waals surface area contributed by atoms with Gasteiger partial charge in [-0.05, 0) is 55.7 Å². The van der Waals surface area contributed by atoms with E-state index in [-0.39, 0.29) is 31.8 Å². The number of ketones is 1. The average molecular weight is 486 g/mol. The van der Waals surface area contributed by atoms with E-state index in [0.717, 1.165) is 5.56 Å². The molecule has 35 heavy (non-hydrogen) atoms. The molecule has 0 saturated carbocycles. The highest BCUT2D eigenvalue weighted by atomic mass is 19.1. The number of benzene rings is 2. The Morgan fingerprint density at radius 1 is 1.17 bits per heavy atom. The monoisotopic (exact) mass is 485 g/mol. The fourth-order valence-electron chi connectivity index (χ4n) is 4.90. The summed E-state index contributed by atoms with van der Waals surface area (Å²) in [6.45, 7) is 5.57. The van der Waals surface area contributed by atoms with Crippen LogP contribution in [0.2, 0.25) is 0 Å². The summed E-state index contributed by atoms with van der Waals surface area (Å²) in [7, 11) is 0. The number of fused-ring (bicyclic) bond motifs is 1. The fraction of sp³-hybridized carbons (Fsp3) is 0.444. The van der Waals surface area contributed by atoms with Crippen LogP contribution in [0.4, 0.5) is 8.78 Å². The summed E-state index contributed by atoms with van der Waals surface area (Å²) < 4.78 is 39.1. The zero-order chi connectivity index (χ0) is 25.3. The summed E-state index contributed by atoms with van der Waals surface area (Å²) in [4.78, 5) is 40.6. The van der Waals surface area contributed by atoms with Gasteiger partial charge in [-0.25, -0.2) is 13.6 Å². The zero-order valence-electron chi connectivity index (χ0n) is 20.1. The number of halogens is 2. The predicted molar refractivity (Wildman–Crippen MR) is 124 cm³/mol. The maximum absolute atomic E-state index is 15.2. The third-order valence-electron chi connectivity index (χ3n) is 6.87. The standard InChI is InChI=1S/C27H29F2NO5/c1-4-34-26(33)27(2,3)30-15-22(20-12-17-9-10-35-24(17)14-23(20)29)21(25(30)32)13-19(31)11-16-5-7-18(28)8-6-16/h5-8,12,14,21-22H,4,9-11,13,15H2,1-3H3/t21-,22-/m0/s1. The fourth-order valence-corrected chi connectivity index (χ4v) is 4.90. The van der Waals surface area contributed by atoms with Crippen LogP contribution >= 0.6 is 0 Å². The molecule has 1 saturated heterocycles. The van der Waals surface area contributed by atoms with E-state index in [1.807, 2.05) is 0 Å². The second-order valence-corrected chi connectivity index (χ2v) is 9.57. The lowest BCUT2D eigenvalue weighted by Gasteiger charge is -2.33. The van der Waals surface area contributed by atoms with Gasteiger partial charge >= 0.3 is 5.97 Å². The number of ether oxygens (including phenoxy) is 2. The van der Waals surface area contributed by atoms with Crippen molar-refractivity contribution in [2.75, 3.05) is 19.8 Å². The molecule has 0 aliphatic carbocycles. The number of hydrogen-bond donors (Lipinski definition) is 0. The molecule has 0 spiro atoms. The van der Waals surface area contributed by atoms with Crippen molar-refractivity contribution in [1.29, 1.82) is 0 Å². The quantitative estimate of drug-likeness (QED) is 0.529. The second-order valence-electron chi connectivity index (χ2n) is 9.57. The number of hydrogen-bond acceptors (Lipinski definition) is 5. The summed E-state index contributed by atoms with van der Waals surface area (Å²) in [5.41, 5.74) is 0.539. The molecule has 2 aliphatic rings. The van der Waals surface area contributed by atoms with Crippen LogP contribution in [-0.2, 0) is 32.0 Å². The molecule has 8 heteroatoms. The summed E-state index contributed by atoms with van der Waals surface area (Å²) in [6, 6.07) is 8.65. The van der Waals surface area contributed by atoms with Gasteiger partial charge in [-0.3, -0.25) is 9.59 Å². The Balaban J connectivity index is 1.65.